The van der Waals surface area contributed by atoms with Crippen LogP contribution in [0.4, 0.5) is 14.5 Å². The molecule has 2 unspecified atom stereocenters. The van der Waals surface area contributed by atoms with Crippen LogP contribution < -0.4 is 10.1 Å². The van der Waals surface area contributed by atoms with Gasteiger partial charge in [0.25, 0.3) is 0 Å². The lowest BCUT2D eigenvalue weighted by molar-refractivity contribution is -0.0498. The van der Waals surface area contributed by atoms with Crippen LogP contribution in [0.1, 0.15) is 26.2 Å². The van der Waals surface area contributed by atoms with Crippen molar-refractivity contribution in [2.75, 3.05) is 11.9 Å². The summed E-state index contributed by atoms with van der Waals surface area (Å²) in [6, 6.07) is 6.99. The molecule has 1 aromatic carbocycles. The van der Waals surface area contributed by atoms with E-state index in [1.165, 1.54) is 0 Å². The number of halogens is 2. The Balaban J connectivity index is 1.88. The lowest BCUT2D eigenvalue weighted by atomic mass is 10.0. The molecule has 0 aromatic heterocycles. The van der Waals surface area contributed by atoms with E-state index >= 15 is 0 Å². The average Bonchev–Trinajstić information content (AvgIpc) is 2.41. The monoisotopic (exact) mass is 271 g/mol. The van der Waals surface area contributed by atoms with E-state index in [0.29, 0.717) is 12.1 Å². The summed E-state index contributed by atoms with van der Waals surface area (Å²) in [6.45, 7) is 0.103. The molecule has 0 saturated carbocycles. The fourth-order valence-electron chi connectivity index (χ4n) is 2.26. The van der Waals surface area contributed by atoms with Gasteiger partial charge in [0, 0.05) is 18.3 Å². The van der Waals surface area contributed by atoms with Crippen LogP contribution in [0.2, 0.25) is 0 Å². The van der Waals surface area contributed by atoms with Crippen LogP contribution in [-0.2, 0) is 4.74 Å². The summed E-state index contributed by atoms with van der Waals surface area (Å²) in [5, 5.41) is 3.40. The Hall–Kier alpha value is -1.36. The zero-order valence-electron chi connectivity index (χ0n) is 10.9. The molecule has 0 amide bonds. The standard InChI is InChI=1S/C14H19F2NO2/c1-2-12-9-11(7-8-18-12)17-10-3-5-13(6-4-10)19-14(15)16/h3-6,11-12,14,17H,2,7-9H2,1H3. The topological polar surface area (TPSA) is 30.5 Å². The molecule has 0 aliphatic carbocycles. The third-order valence-electron chi connectivity index (χ3n) is 3.27. The number of rotatable bonds is 5. The number of alkyl halides is 2. The van der Waals surface area contributed by atoms with Crippen molar-refractivity contribution in [3.05, 3.63) is 24.3 Å². The molecule has 2 rings (SSSR count). The molecule has 19 heavy (non-hydrogen) atoms. The van der Waals surface area contributed by atoms with Gasteiger partial charge in [0.15, 0.2) is 0 Å². The molecule has 3 nitrogen and oxygen atoms in total. The van der Waals surface area contributed by atoms with Gasteiger partial charge in [-0.25, -0.2) is 0 Å². The normalized spacial score (nSPS) is 23.4. The summed E-state index contributed by atoms with van der Waals surface area (Å²) < 4.78 is 34.0. The minimum atomic E-state index is -2.78. The quantitative estimate of drug-likeness (QED) is 0.886. The Morgan fingerprint density at radius 1 is 1.37 bits per heavy atom. The first kappa shape index (κ1) is 14.1. The molecular weight excluding hydrogens is 252 g/mol. The first-order valence-electron chi connectivity index (χ1n) is 6.60. The number of ether oxygens (including phenoxy) is 2. The van der Waals surface area contributed by atoms with E-state index in [1.807, 2.05) is 0 Å². The Labute approximate surface area is 111 Å². The number of hydrogen-bond acceptors (Lipinski definition) is 3. The van der Waals surface area contributed by atoms with E-state index < -0.39 is 6.61 Å². The van der Waals surface area contributed by atoms with E-state index in [4.69, 9.17) is 4.74 Å². The summed E-state index contributed by atoms with van der Waals surface area (Å²) in [7, 11) is 0. The first-order valence-corrected chi connectivity index (χ1v) is 6.60. The highest BCUT2D eigenvalue weighted by Gasteiger charge is 2.20. The predicted octanol–water partition coefficient (Wildman–Crippen LogP) is 3.66. The Morgan fingerprint density at radius 2 is 2.11 bits per heavy atom. The van der Waals surface area contributed by atoms with Crippen molar-refractivity contribution in [1.82, 2.24) is 0 Å². The highest BCUT2D eigenvalue weighted by atomic mass is 19.3. The second-order valence-electron chi connectivity index (χ2n) is 4.67. The maximum absolute atomic E-state index is 12.0. The van der Waals surface area contributed by atoms with Crippen LogP contribution in [0.15, 0.2) is 24.3 Å². The Kier molecular flexibility index (Phi) is 4.96. The molecular formula is C14H19F2NO2. The van der Waals surface area contributed by atoms with Gasteiger partial charge in [0.2, 0.25) is 0 Å². The summed E-state index contributed by atoms with van der Waals surface area (Å²) in [5.74, 6) is 0.180. The van der Waals surface area contributed by atoms with E-state index in [0.717, 1.165) is 31.6 Å². The molecule has 1 fully saturated rings. The van der Waals surface area contributed by atoms with Crippen molar-refractivity contribution >= 4 is 5.69 Å². The fraction of sp³-hybridized carbons (Fsp3) is 0.571. The third kappa shape index (κ3) is 4.35. The molecule has 1 aromatic rings. The second-order valence-corrected chi connectivity index (χ2v) is 4.67. The number of benzene rings is 1. The second kappa shape index (κ2) is 6.70. The van der Waals surface area contributed by atoms with E-state index in [-0.39, 0.29) is 5.75 Å². The van der Waals surface area contributed by atoms with Gasteiger partial charge in [-0.2, -0.15) is 8.78 Å². The lowest BCUT2D eigenvalue weighted by Gasteiger charge is -2.30. The van der Waals surface area contributed by atoms with Gasteiger partial charge >= 0.3 is 6.61 Å². The molecule has 1 saturated heterocycles. The van der Waals surface area contributed by atoms with Crippen LogP contribution in [0.25, 0.3) is 0 Å². The van der Waals surface area contributed by atoms with Crippen molar-refractivity contribution in [1.29, 1.82) is 0 Å². The molecule has 106 valence electrons. The van der Waals surface area contributed by atoms with Gasteiger partial charge < -0.3 is 14.8 Å². The smallest absolute Gasteiger partial charge is 0.387 e. The number of anilines is 1. The molecule has 0 radical (unpaired) electrons. The van der Waals surface area contributed by atoms with Crippen LogP contribution in [0.5, 0.6) is 5.75 Å². The lowest BCUT2D eigenvalue weighted by Crippen LogP contribution is -2.33. The van der Waals surface area contributed by atoms with E-state index in [2.05, 4.69) is 17.0 Å². The molecule has 5 heteroatoms. The van der Waals surface area contributed by atoms with Crippen LogP contribution in [0, 0.1) is 0 Å². The summed E-state index contributed by atoms with van der Waals surface area (Å²) >= 11 is 0. The van der Waals surface area contributed by atoms with Gasteiger partial charge in [-0.3, -0.25) is 0 Å². The van der Waals surface area contributed by atoms with Crippen LogP contribution >= 0.6 is 0 Å². The van der Waals surface area contributed by atoms with Crippen molar-refractivity contribution in [2.45, 2.75) is 44.9 Å². The largest absolute Gasteiger partial charge is 0.435 e. The summed E-state index contributed by atoms with van der Waals surface area (Å²) in [4.78, 5) is 0. The Morgan fingerprint density at radius 3 is 2.74 bits per heavy atom. The number of hydrogen-bond donors (Lipinski definition) is 1. The maximum atomic E-state index is 12.0. The minimum Gasteiger partial charge on any atom is -0.435 e. The van der Waals surface area contributed by atoms with Gasteiger partial charge in [0.1, 0.15) is 5.75 Å². The molecule has 2 atom stereocenters. The molecule has 1 aliphatic heterocycles. The molecule has 0 spiro atoms. The molecule has 1 aliphatic rings. The van der Waals surface area contributed by atoms with Crippen molar-refractivity contribution in [3.63, 3.8) is 0 Å². The van der Waals surface area contributed by atoms with Gasteiger partial charge in [0.05, 0.1) is 6.10 Å². The third-order valence-corrected chi connectivity index (χ3v) is 3.27. The maximum Gasteiger partial charge on any atom is 0.387 e. The van der Waals surface area contributed by atoms with E-state index in [9.17, 15) is 8.78 Å². The van der Waals surface area contributed by atoms with Gasteiger partial charge in [-0.05, 0) is 43.5 Å². The van der Waals surface area contributed by atoms with Crippen LogP contribution in [-0.4, -0.2) is 25.4 Å². The summed E-state index contributed by atoms with van der Waals surface area (Å²) in [6.07, 6.45) is 3.27. The van der Waals surface area contributed by atoms with Crippen molar-refractivity contribution in [2.24, 2.45) is 0 Å². The van der Waals surface area contributed by atoms with Crippen LogP contribution in [0.3, 0.4) is 0 Å². The SMILES string of the molecule is CCC1CC(Nc2ccc(OC(F)F)cc2)CCO1. The van der Waals surface area contributed by atoms with Gasteiger partial charge in [-0.1, -0.05) is 6.92 Å². The van der Waals surface area contributed by atoms with E-state index in [1.54, 1.807) is 24.3 Å². The molecule has 1 N–H and O–H groups in total. The minimum absolute atomic E-state index is 0.180. The fourth-order valence-corrected chi connectivity index (χ4v) is 2.26. The van der Waals surface area contributed by atoms with Crippen molar-refractivity contribution < 1.29 is 18.3 Å². The zero-order valence-corrected chi connectivity index (χ0v) is 10.9. The molecule has 0 bridgehead atoms. The average molecular weight is 271 g/mol. The Bertz CT molecular complexity index is 384. The van der Waals surface area contributed by atoms with Crippen molar-refractivity contribution in [3.8, 4) is 5.75 Å². The first-order chi connectivity index (χ1) is 9.17. The highest BCUT2D eigenvalue weighted by Crippen LogP contribution is 2.22. The van der Waals surface area contributed by atoms with Gasteiger partial charge in [-0.15, -0.1) is 0 Å². The number of nitrogens with one attached hydrogen (secondary N) is 1. The highest BCUT2D eigenvalue weighted by molar-refractivity contribution is 5.47. The molecule has 1 heterocycles. The predicted molar refractivity (Wildman–Crippen MR) is 69.7 cm³/mol. The summed E-state index contributed by atoms with van der Waals surface area (Å²) in [5.41, 5.74) is 0.920. The zero-order chi connectivity index (χ0) is 13.7.